The second-order valence-corrected chi connectivity index (χ2v) is 2.67. The molecule has 62 valence electrons. The number of rotatable bonds is 1. The summed E-state index contributed by atoms with van der Waals surface area (Å²) in [6.45, 7) is 0. The average molecular weight is 186 g/mol. The van der Waals surface area contributed by atoms with Crippen LogP contribution >= 0.6 is 11.6 Å². The van der Waals surface area contributed by atoms with Gasteiger partial charge in [-0.05, 0) is 12.1 Å². The Labute approximate surface area is 73.8 Å². The van der Waals surface area contributed by atoms with E-state index in [-0.39, 0.29) is 17.0 Å². The van der Waals surface area contributed by atoms with E-state index in [9.17, 15) is 4.39 Å². The summed E-state index contributed by atoms with van der Waals surface area (Å²) in [5, 5.41) is 17.5. The largest absolute Gasteiger partial charge is 0.505 e. The van der Waals surface area contributed by atoms with Crippen molar-refractivity contribution in [3.63, 3.8) is 0 Å². The van der Waals surface area contributed by atoms with E-state index < -0.39 is 11.6 Å². The van der Waals surface area contributed by atoms with Crippen LogP contribution < -0.4 is 0 Å². The van der Waals surface area contributed by atoms with Gasteiger partial charge in [0, 0.05) is 10.6 Å². The predicted octanol–water partition coefficient (Wildman–Crippen LogP) is 2.25. The van der Waals surface area contributed by atoms with E-state index >= 15 is 0 Å². The molecular formula is C8H5ClFNO. The van der Waals surface area contributed by atoms with E-state index in [0.29, 0.717) is 0 Å². The molecule has 12 heavy (non-hydrogen) atoms. The van der Waals surface area contributed by atoms with Crippen LogP contribution in [0.25, 0.3) is 0 Å². The normalized spacial score (nSPS) is 9.42. The number of hydrogen-bond acceptors (Lipinski definition) is 2. The molecule has 0 atom stereocenters. The molecule has 0 heterocycles. The zero-order valence-electron chi connectivity index (χ0n) is 6.01. The van der Waals surface area contributed by atoms with Gasteiger partial charge in [-0.1, -0.05) is 11.6 Å². The molecule has 0 saturated carbocycles. The van der Waals surface area contributed by atoms with Gasteiger partial charge >= 0.3 is 0 Å². The van der Waals surface area contributed by atoms with Crippen LogP contribution in [0.3, 0.4) is 0 Å². The maximum atomic E-state index is 12.7. The number of nitriles is 1. The highest BCUT2D eigenvalue weighted by molar-refractivity contribution is 6.30. The molecule has 0 aromatic heterocycles. The molecule has 0 aliphatic heterocycles. The number of halogens is 2. The standard InChI is InChI=1S/C8H5ClFNO/c9-6-3-5(1-2-11)8(12)7(10)4-6/h3-4,12H,1H2. The summed E-state index contributed by atoms with van der Waals surface area (Å²) in [6, 6.07) is 4.16. The van der Waals surface area contributed by atoms with Crippen molar-refractivity contribution in [2.24, 2.45) is 0 Å². The van der Waals surface area contributed by atoms with Gasteiger partial charge in [0.05, 0.1) is 12.5 Å². The van der Waals surface area contributed by atoms with Crippen molar-refractivity contribution in [3.8, 4) is 11.8 Å². The molecule has 1 aromatic carbocycles. The van der Waals surface area contributed by atoms with Crippen LogP contribution in [0.2, 0.25) is 5.02 Å². The third-order valence-electron chi connectivity index (χ3n) is 1.38. The van der Waals surface area contributed by atoms with E-state index in [1.807, 2.05) is 0 Å². The molecule has 0 aliphatic carbocycles. The van der Waals surface area contributed by atoms with Crippen molar-refractivity contribution < 1.29 is 9.50 Å². The quantitative estimate of drug-likeness (QED) is 0.729. The number of nitrogens with zero attached hydrogens (tertiary/aromatic N) is 1. The van der Waals surface area contributed by atoms with Crippen LogP contribution in [-0.4, -0.2) is 5.11 Å². The van der Waals surface area contributed by atoms with Crippen LogP contribution in [0.1, 0.15) is 5.56 Å². The molecule has 4 heteroatoms. The lowest BCUT2D eigenvalue weighted by atomic mass is 10.1. The molecule has 1 rings (SSSR count). The number of aromatic hydroxyl groups is 1. The van der Waals surface area contributed by atoms with Crippen molar-refractivity contribution in [1.29, 1.82) is 5.26 Å². The Morgan fingerprint density at radius 3 is 2.83 bits per heavy atom. The highest BCUT2D eigenvalue weighted by Gasteiger charge is 2.07. The number of hydrogen-bond donors (Lipinski definition) is 1. The third kappa shape index (κ3) is 1.66. The van der Waals surface area contributed by atoms with Gasteiger partial charge in [0.25, 0.3) is 0 Å². The zero-order chi connectivity index (χ0) is 9.14. The molecule has 1 N–H and O–H groups in total. The van der Waals surface area contributed by atoms with Gasteiger partial charge in [-0.15, -0.1) is 0 Å². The van der Waals surface area contributed by atoms with Crippen molar-refractivity contribution in [1.82, 2.24) is 0 Å². The van der Waals surface area contributed by atoms with Crippen molar-refractivity contribution >= 4 is 11.6 Å². The Hall–Kier alpha value is -1.27. The maximum absolute atomic E-state index is 12.7. The Balaban J connectivity index is 3.20. The summed E-state index contributed by atoms with van der Waals surface area (Å²) in [7, 11) is 0. The Morgan fingerprint density at radius 2 is 2.25 bits per heavy atom. The van der Waals surface area contributed by atoms with E-state index in [0.717, 1.165) is 6.07 Å². The minimum Gasteiger partial charge on any atom is -0.505 e. The SMILES string of the molecule is N#CCc1cc(Cl)cc(F)c1O. The number of phenolic OH excluding ortho intramolecular Hbond substituents is 1. The minimum atomic E-state index is -0.798. The van der Waals surface area contributed by atoms with E-state index in [4.69, 9.17) is 22.0 Å². The Bertz CT molecular complexity index is 346. The van der Waals surface area contributed by atoms with Crippen LogP contribution in [-0.2, 0) is 6.42 Å². The second-order valence-electron chi connectivity index (χ2n) is 2.23. The van der Waals surface area contributed by atoms with E-state index in [1.165, 1.54) is 6.07 Å². The summed E-state index contributed by atoms with van der Waals surface area (Å²) in [5.74, 6) is -1.30. The lowest BCUT2D eigenvalue weighted by Gasteiger charge is -2.01. The summed E-state index contributed by atoms with van der Waals surface area (Å²) in [6.07, 6.45) is -0.0523. The van der Waals surface area contributed by atoms with Crippen LogP contribution in [0.15, 0.2) is 12.1 Å². The molecule has 0 unspecified atom stereocenters. The minimum absolute atomic E-state index is 0.0523. The Kier molecular flexibility index (Phi) is 2.51. The van der Waals surface area contributed by atoms with Crippen molar-refractivity contribution in [2.45, 2.75) is 6.42 Å². The molecule has 0 bridgehead atoms. The van der Waals surface area contributed by atoms with Gasteiger partial charge in [-0.2, -0.15) is 5.26 Å². The van der Waals surface area contributed by atoms with Gasteiger partial charge in [0.15, 0.2) is 11.6 Å². The van der Waals surface area contributed by atoms with E-state index in [2.05, 4.69) is 0 Å². The topological polar surface area (TPSA) is 44.0 Å². The molecule has 1 aromatic rings. The lowest BCUT2D eigenvalue weighted by molar-refractivity contribution is 0.427. The molecule has 2 nitrogen and oxygen atoms in total. The fraction of sp³-hybridized carbons (Fsp3) is 0.125. The van der Waals surface area contributed by atoms with Gasteiger partial charge < -0.3 is 5.11 Å². The van der Waals surface area contributed by atoms with Crippen molar-refractivity contribution in [2.75, 3.05) is 0 Å². The molecule has 0 spiro atoms. The lowest BCUT2D eigenvalue weighted by Crippen LogP contribution is -1.86. The van der Waals surface area contributed by atoms with Crippen molar-refractivity contribution in [3.05, 3.63) is 28.5 Å². The summed E-state index contributed by atoms with van der Waals surface area (Å²) >= 11 is 5.50. The molecular weight excluding hydrogens is 181 g/mol. The molecule has 0 fully saturated rings. The summed E-state index contributed by atoms with van der Waals surface area (Å²) in [4.78, 5) is 0. The monoisotopic (exact) mass is 185 g/mol. The molecule has 0 amide bonds. The number of benzene rings is 1. The first-order valence-electron chi connectivity index (χ1n) is 3.19. The number of phenols is 1. The van der Waals surface area contributed by atoms with Crippen LogP contribution in [0, 0.1) is 17.1 Å². The first-order chi connectivity index (χ1) is 5.65. The average Bonchev–Trinajstić information content (AvgIpc) is 2.00. The molecule has 0 aliphatic rings. The summed E-state index contributed by atoms with van der Waals surface area (Å²) in [5.41, 5.74) is 0.211. The van der Waals surface area contributed by atoms with Crippen LogP contribution in [0.5, 0.6) is 5.75 Å². The van der Waals surface area contributed by atoms with E-state index in [1.54, 1.807) is 6.07 Å². The smallest absolute Gasteiger partial charge is 0.166 e. The highest BCUT2D eigenvalue weighted by atomic mass is 35.5. The first kappa shape index (κ1) is 8.82. The van der Waals surface area contributed by atoms with Gasteiger partial charge in [-0.3, -0.25) is 0 Å². The zero-order valence-corrected chi connectivity index (χ0v) is 6.77. The predicted molar refractivity (Wildman–Crippen MR) is 42.4 cm³/mol. The maximum Gasteiger partial charge on any atom is 0.166 e. The highest BCUT2D eigenvalue weighted by Crippen LogP contribution is 2.25. The fourth-order valence-corrected chi connectivity index (χ4v) is 1.07. The first-order valence-corrected chi connectivity index (χ1v) is 3.56. The Morgan fingerprint density at radius 1 is 1.58 bits per heavy atom. The summed E-state index contributed by atoms with van der Waals surface area (Å²) < 4.78 is 12.7. The van der Waals surface area contributed by atoms with Gasteiger partial charge in [0.1, 0.15) is 0 Å². The van der Waals surface area contributed by atoms with Gasteiger partial charge in [0.2, 0.25) is 0 Å². The molecule has 0 saturated heterocycles. The molecule has 0 radical (unpaired) electrons. The fourth-order valence-electron chi connectivity index (χ4n) is 0.839. The van der Waals surface area contributed by atoms with Crippen LogP contribution in [0.4, 0.5) is 4.39 Å². The third-order valence-corrected chi connectivity index (χ3v) is 1.59. The second kappa shape index (κ2) is 3.42. The van der Waals surface area contributed by atoms with Gasteiger partial charge in [-0.25, -0.2) is 4.39 Å².